The van der Waals surface area contributed by atoms with E-state index in [0.717, 1.165) is 10.9 Å². The number of anilines is 1. The molecular weight excluding hydrogens is 309 g/mol. The largest absolute Gasteiger partial charge is 0.394 e. The molecule has 0 aromatic carbocycles. The van der Waals surface area contributed by atoms with E-state index in [1.165, 1.54) is 0 Å². The van der Waals surface area contributed by atoms with E-state index in [2.05, 4.69) is 15.0 Å². The smallest absolute Gasteiger partial charge is 0.280 e. The summed E-state index contributed by atoms with van der Waals surface area (Å²) in [5.41, 5.74) is 4.70. The Bertz CT molecular complexity index is 747. The standard InChI is InChI=1S/C10H11ClFN5O4/c11-10(12)5(19)3(1-18)21-8(10)17-2-14-4-6(17)15-9(13)16-7(4)20/h2-3,5,8,18-19H,1H2,(H3,13,15,16,20)/t3-,5-,8-,10+/m1/s1. The fraction of sp³-hybridized carbons (Fsp3) is 0.500. The van der Waals surface area contributed by atoms with Crippen LogP contribution in [0.1, 0.15) is 6.23 Å². The minimum atomic E-state index is -2.72. The van der Waals surface area contributed by atoms with Gasteiger partial charge in [0.25, 0.3) is 10.7 Å². The number of hydrogen-bond acceptors (Lipinski definition) is 7. The fourth-order valence-corrected chi connectivity index (χ4v) is 2.53. The number of aromatic nitrogens is 4. The molecule has 9 nitrogen and oxygen atoms in total. The van der Waals surface area contributed by atoms with Crippen LogP contribution in [0.25, 0.3) is 11.2 Å². The summed E-state index contributed by atoms with van der Waals surface area (Å²) >= 11 is 5.68. The van der Waals surface area contributed by atoms with Crippen LogP contribution in [0.15, 0.2) is 11.1 Å². The number of alkyl halides is 2. The zero-order valence-corrected chi connectivity index (χ0v) is 11.2. The molecule has 0 saturated carbocycles. The van der Waals surface area contributed by atoms with Crippen LogP contribution in [0.4, 0.5) is 10.3 Å². The van der Waals surface area contributed by atoms with Crippen molar-refractivity contribution in [3.63, 3.8) is 0 Å². The van der Waals surface area contributed by atoms with Crippen molar-refractivity contribution in [3.05, 3.63) is 16.7 Å². The van der Waals surface area contributed by atoms with Crippen LogP contribution < -0.4 is 11.3 Å². The molecule has 0 unspecified atom stereocenters. The van der Waals surface area contributed by atoms with Gasteiger partial charge in [0.15, 0.2) is 17.4 Å². The van der Waals surface area contributed by atoms with Crippen LogP contribution in [-0.4, -0.2) is 53.7 Å². The lowest BCUT2D eigenvalue weighted by Gasteiger charge is -2.22. The molecule has 3 rings (SSSR count). The SMILES string of the molecule is Nc1nc2c(ncn2[C@@H]2O[C@H](CO)[C@@H](O)[C@@]2(F)Cl)c(=O)[nH]1. The molecule has 0 radical (unpaired) electrons. The van der Waals surface area contributed by atoms with Crippen LogP contribution in [0.5, 0.6) is 0 Å². The first-order valence-corrected chi connectivity index (χ1v) is 6.28. The van der Waals surface area contributed by atoms with Gasteiger partial charge < -0.3 is 20.7 Å². The van der Waals surface area contributed by atoms with Gasteiger partial charge in [0.05, 0.1) is 12.9 Å². The lowest BCUT2D eigenvalue weighted by Crippen LogP contribution is -2.38. The summed E-state index contributed by atoms with van der Waals surface area (Å²) in [5.74, 6) is -0.189. The van der Waals surface area contributed by atoms with E-state index in [0.29, 0.717) is 0 Å². The third-order valence-electron chi connectivity index (χ3n) is 3.26. The number of nitrogens with two attached hydrogens (primary N) is 1. The zero-order valence-electron chi connectivity index (χ0n) is 10.4. The van der Waals surface area contributed by atoms with Gasteiger partial charge in [-0.15, -0.1) is 0 Å². The van der Waals surface area contributed by atoms with Gasteiger partial charge in [-0.3, -0.25) is 14.3 Å². The Balaban J connectivity index is 2.15. The molecule has 1 aliphatic heterocycles. The van der Waals surface area contributed by atoms with E-state index in [1.807, 2.05) is 0 Å². The number of aromatic amines is 1. The van der Waals surface area contributed by atoms with Gasteiger partial charge in [-0.05, 0) is 0 Å². The molecular formula is C10H11ClFN5O4. The van der Waals surface area contributed by atoms with Crippen LogP contribution >= 0.6 is 11.6 Å². The molecule has 1 saturated heterocycles. The number of nitrogens with one attached hydrogen (secondary N) is 1. The molecule has 0 spiro atoms. The average Bonchev–Trinajstić information content (AvgIpc) is 2.91. The maximum absolute atomic E-state index is 14.5. The third-order valence-corrected chi connectivity index (χ3v) is 3.67. The molecule has 21 heavy (non-hydrogen) atoms. The van der Waals surface area contributed by atoms with E-state index in [9.17, 15) is 14.3 Å². The summed E-state index contributed by atoms with van der Waals surface area (Å²) in [7, 11) is 0. The lowest BCUT2D eigenvalue weighted by molar-refractivity contribution is -0.0482. The van der Waals surface area contributed by atoms with Gasteiger partial charge >= 0.3 is 0 Å². The van der Waals surface area contributed by atoms with E-state index < -0.39 is 35.7 Å². The van der Waals surface area contributed by atoms with Crippen molar-refractivity contribution in [1.82, 2.24) is 19.5 Å². The molecule has 4 atom stereocenters. The minimum absolute atomic E-state index is 0.0466. The van der Waals surface area contributed by atoms with Crippen molar-refractivity contribution in [1.29, 1.82) is 0 Å². The molecule has 3 heterocycles. The minimum Gasteiger partial charge on any atom is -0.394 e. The second-order valence-corrected chi connectivity index (χ2v) is 5.18. The predicted molar refractivity (Wildman–Crippen MR) is 69.3 cm³/mol. The number of aliphatic hydroxyl groups excluding tert-OH is 2. The Morgan fingerprint density at radius 1 is 1.67 bits per heavy atom. The molecule has 114 valence electrons. The number of nitrogens with zero attached hydrogens (tertiary/aromatic N) is 3. The number of rotatable bonds is 2. The second-order valence-electron chi connectivity index (χ2n) is 4.60. The van der Waals surface area contributed by atoms with Crippen molar-refractivity contribution >= 4 is 28.7 Å². The maximum Gasteiger partial charge on any atom is 0.280 e. The quantitative estimate of drug-likeness (QED) is 0.513. The van der Waals surface area contributed by atoms with E-state index >= 15 is 0 Å². The first-order valence-electron chi connectivity index (χ1n) is 5.90. The number of aliphatic hydroxyl groups is 2. The maximum atomic E-state index is 14.5. The Morgan fingerprint density at radius 2 is 2.38 bits per heavy atom. The summed E-state index contributed by atoms with van der Waals surface area (Å²) in [6, 6.07) is 0. The van der Waals surface area contributed by atoms with Crippen LogP contribution in [0.3, 0.4) is 0 Å². The van der Waals surface area contributed by atoms with Crippen molar-refractivity contribution in [2.75, 3.05) is 12.3 Å². The van der Waals surface area contributed by atoms with Crippen molar-refractivity contribution in [2.45, 2.75) is 23.6 Å². The Kier molecular flexibility index (Phi) is 3.13. The van der Waals surface area contributed by atoms with Gasteiger partial charge in [-0.1, -0.05) is 11.6 Å². The number of halogens is 2. The highest BCUT2D eigenvalue weighted by Gasteiger charge is 2.57. The second kappa shape index (κ2) is 4.63. The first kappa shape index (κ1) is 14.2. The van der Waals surface area contributed by atoms with E-state index in [-0.39, 0.29) is 17.1 Å². The molecule has 0 aliphatic carbocycles. The van der Waals surface area contributed by atoms with Gasteiger partial charge in [-0.2, -0.15) is 4.98 Å². The normalized spacial score (nSPS) is 32.9. The number of imidazole rings is 1. The molecule has 0 amide bonds. The highest BCUT2D eigenvalue weighted by Crippen LogP contribution is 2.45. The third kappa shape index (κ3) is 1.99. The fourth-order valence-electron chi connectivity index (χ4n) is 2.23. The molecule has 2 aromatic rings. The van der Waals surface area contributed by atoms with Crippen LogP contribution in [0.2, 0.25) is 0 Å². The first-order chi connectivity index (χ1) is 9.86. The van der Waals surface area contributed by atoms with Crippen LogP contribution in [-0.2, 0) is 4.74 Å². The molecule has 1 fully saturated rings. The molecule has 2 aromatic heterocycles. The molecule has 0 bridgehead atoms. The number of hydrogen-bond donors (Lipinski definition) is 4. The molecule has 5 N–H and O–H groups in total. The highest BCUT2D eigenvalue weighted by atomic mass is 35.5. The Labute approximate surface area is 121 Å². The summed E-state index contributed by atoms with van der Waals surface area (Å²) < 4.78 is 20.7. The van der Waals surface area contributed by atoms with Gasteiger partial charge in [0, 0.05) is 0 Å². The predicted octanol–water partition coefficient (Wildman–Crippen LogP) is -1.14. The average molecular weight is 320 g/mol. The monoisotopic (exact) mass is 319 g/mol. The van der Waals surface area contributed by atoms with Crippen molar-refractivity contribution in [3.8, 4) is 0 Å². The summed E-state index contributed by atoms with van der Waals surface area (Å²) in [4.78, 5) is 21.6. The number of H-pyrrole nitrogens is 1. The lowest BCUT2D eigenvalue weighted by atomic mass is 10.1. The summed E-state index contributed by atoms with van der Waals surface area (Å²) in [6.07, 6.45) is -3.40. The number of ether oxygens (including phenoxy) is 1. The topological polar surface area (TPSA) is 139 Å². The summed E-state index contributed by atoms with van der Waals surface area (Å²) in [5, 5.41) is 16.1. The van der Waals surface area contributed by atoms with Crippen molar-refractivity contribution < 1.29 is 19.3 Å². The van der Waals surface area contributed by atoms with Crippen molar-refractivity contribution in [2.24, 2.45) is 0 Å². The summed E-state index contributed by atoms with van der Waals surface area (Å²) in [6.45, 7) is -0.626. The Hall–Kier alpha value is -1.75. The Morgan fingerprint density at radius 3 is 3.00 bits per heavy atom. The van der Waals surface area contributed by atoms with E-state index in [1.54, 1.807) is 0 Å². The number of nitrogen functional groups attached to an aromatic ring is 1. The number of fused-ring (bicyclic) bond motifs is 1. The van der Waals surface area contributed by atoms with E-state index in [4.69, 9.17) is 27.2 Å². The van der Waals surface area contributed by atoms with Gasteiger partial charge in [0.2, 0.25) is 5.95 Å². The zero-order chi connectivity index (χ0) is 15.4. The highest BCUT2D eigenvalue weighted by molar-refractivity contribution is 6.23. The van der Waals surface area contributed by atoms with Gasteiger partial charge in [-0.25, -0.2) is 9.37 Å². The molecule has 1 aliphatic rings. The molecule has 11 heteroatoms. The van der Waals surface area contributed by atoms with Gasteiger partial charge in [0.1, 0.15) is 12.2 Å². The van der Waals surface area contributed by atoms with Crippen LogP contribution in [0, 0.1) is 0 Å².